The molecule has 0 radical (unpaired) electrons. The molecule has 1 fully saturated rings. The van der Waals surface area contributed by atoms with Gasteiger partial charge in [-0.1, -0.05) is 11.6 Å². The van der Waals surface area contributed by atoms with Crippen LogP contribution in [-0.2, 0) is 0 Å². The van der Waals surface area contributed by atoms with E-state index in [1.54, 1.807) is 6.33 Å². The largest absolute Gasteiger partial charge is 0.391 e. The van der Waals surface area contributed by atoms with Crippen LogP contribution >= 0.6 is 11.6 Å². The molecule has 0 aliphatic heterocycles. The van der Waals surface area contributed by atoms with Gasteiger partial charge >= 0.3 is 0 Å². The number of halogens is 1. The van der Waals surface area contributed by atoms with E-state index in [4.69, 9.17) is 11.6 Å². The monoisotopic (exact) mass is 210 g/mol. The minimum Gasteiger partial charge on any atom is -0.391 e. The highest BCUT2D eigenvalue weighted by Crippen LogP contribution is 2.37. The van der Waals surface area contributed by atoms with Crippen molar-refractivity contribution in [3.8, 4) is 0 Å². The maximum Gasteiger partial charge on any atom is 0.165 e. The number of aliphatic hydroxyl groups excluding tert-OH is 1. The van der Waals surface area contributed by atoms with E-state index < -0.39 is 0 Å². The molecule has 0 amide bonds. The molecule has 1 aliphatic rings. The molecule has 0 aromatic carbocycles. The van der Waals surface area contributed by atoms with Crippen molar-refractivity contribution in [3.05, 3.63) is 17.8 Å². The van der Waals surface area contributed by atoms with E-state index >= 15 is 0 Å². The van der Waals surface area contributed by atoms with Crippen LogP contribution in [0.2, 0.25) is 5.15 Å². The summed E-state index contributed by atoms with van der Waals surface area (Å²) in [6.07, 6.45) is 3.53. The minimum absolute atomic E-state index is 0.103. The fraction of sp³-hybridized carbons (Fsp3) is 0.375. The molecule has 3 rings (SSSR count). The summed E-state index contributed by atoms with van der Waals surface area (Å²) < 4.78 is 1.84. The summed E-state index contributed by atoms with van der Waals surface area (Å²) in [5.74, 6) is 0. The van der Waals surface area contributed by atoms with Crippen LogP contribution in [0.25, 0.3) is 11.2 Å². The molecule has 2 aromatic rings. The zero-order chi connectivity index (χ0) is 9.71. The molecule has 2 aromatic heterocycles. The van der Waals surface area contributed by atoms with Gasteiger partial charge < -0.3 is 9.67 Å². The first kappa shape index (κ1) is 8.14. The predicted octanol–water partition coefficient (Wildman–Crippen LogP) is 0.785. The van der Waals surface area contributed by atoms with Crippen molar-refractivity contribution >= 4 is 22.8 Å². The third-order valence-electron chi connectivity index (χ3n) is 2.40. The van der Waals surface area contributed by atoms with E-state index in [1.807, 2.05) is 4.57 Å². The van der Waals surface area contributed by atoms with Gasteiger partial charge in [-0.05, 0) is 6.42 Å². The topological polar surface area (TPSA) is 63.8 Å². The zero-order valence-electron chi connectivity index (χ0n) is 7.13. The molecular formula is C8H7ClN4O. The molecule has 1 N–H and O–H groups in total. The van der Waals surface area contributed by atoms with Gasteiger partial charge in [-0.3, -0.25) is 0 Å². The number of aromatic nitrogens is 4. The van der Waals surface area contributed by atoms with Crippen LogP contribution in [0, 0.1) is 0 Å². The summed E-state index contributed by atoms with van der Waals surface area (Å²) in [5.41, 5.74) is 1.28. The predicted molar refractivity (Wildman–Crippen MR) is 50.0 cm³/mol. The Morgan fingerprint density at radius 3 is 2.93 bits per heavy atom. The van der Waals surface area contributed by atoms with Gasteiger partial charge in [0.2, 0.25) is 0 Å². The van der Waals surface area contributed by atoms with Crippen molar-refractivity contribution in [2.24, 2.45) is 0 Å². The molecule has 6 heteroatoms. The van der Waals surface area contributed by atoms with Gasteiger partial charge in [-0.25, -0.2) is 15.0 Å². The second-order valence-corrected chi connectivity index (χ2v) is 3.72. The second-order valence-electron chi connectivity index (χ2n) is 3.36. The Kier molecular flexibility index (Phi) is 1.54. The summed E-state index contributed by atoms with van der Waals surface area (Å²) >= 11 is 5.84. The number of hydrogen-bond acceptors (Lipinski definition) is 4. The molecule has 14 heavy (non-hydrogen) atoms. The standard InChI is InChI=1S/C8H7ClN4O/c9-7-6-8(11-2-10-7)13(3-12-6)4-1-5(4)14/h2-5,14H,1H2/t4-,5-/m1/s1. The van der Waals surface area contributed by atoms with Crippen molar-refractivity contribution in [2.45, 2.75) is 18.6 Å². The smallest absolute Gasteiger partial charge is 0.165 e. The lowest BCUT2D eigenvalue weighted by molar-refractivity contribution is 0.260. The third kappa shape index (κ3) is 1.03. The van der Waals surface area contributed by atoms with Crippen molar-refractivity contribution < 1.29 is 5.11 Å². The lowest BCUT2D eigenvalue weighted by atomic mass is 10.5. The van der Waals surface area contributed by atoms with Crippen molar-refractivity contribution in [2.75, 3.05) is 0 Å². The Morgan fingerprint density at radius 2 is 2.21 bits per heavy atom. The zero-order valence-corrected chi connectivity index (χ0v) is 7.89. The highest BCUT2D eigenvalue weighted by atomic mass is 35.5. The van der Waals surface area contributed by atoms with Crippen LogP contribution in [-0.4, -0.2) is 30.7 Å². The van der Waals surface area contributed by atoms with Gasteiger partial charge in [0, 0.05) is 0 Å². The van der Waals surface area contributed by atoms with E-state index in [-0.39, 0.29) is 12.1 Å². The first-order chi connectivity index (χ1) is 6.77. The fourth-order valence-corrected chi connectivity index (χ4v) is 1.71. The van der Waals surface area contributed by atoms with Crippen LogP contribution in [0.4, 0.5) is 0 Å². The van der Waals surface area contributed by atoms with Gasteiger partial charge in [0.1, 0.15) is 11.8 Å². The molecule has 0 unspecified atom stereocenters. The Bertz CT molecular complexity index is 497. The summed E-state index contributed by atoms with van der Waals surface area (Å²) in [5, 5.41) is 9.65. The summed E-state index contributed by atoms with van der Waals surface area (Å²) in [6.45, 7) is 0. The summed E-state index contributed by atoms with van der Waals surface area (Å²) in [4.78, 5) is 12.0. The van der Waals surface area contributed by atoms with Crippen LogP contribution in [0.5, 0.6) is 0 Å². The molecule has 1 saturated carbocycles. The number of imidazole rings is 1. The van der Waals surface area contributed by atoms with Gasteiger partial charge in [0.25, 0.3) is 0 Å². The van der Waals surface area contributed by atoms with Crippen molar-refractivity contribution in [3.63, 3.8) is 0 Å². The molecule has 2 atom stereocenters. The average Bonchev–Trinajstić information content (AvgIpc) is 2.75. The summed E-state index contributed by atoms with van der Waals surface area (Å²) in [6, 6.07) is 0.103. The maximum atomic E-state index is 9.30. The Hall–Kier alpha value is -1.20. The van der Waals surface area contributed by atoms with Crippen LogP contribution in [0.1, 0.15) is 12.5 Å². The number of hydrogen-bond donors (Lipinski definition) is 1. The van der Waals surface area contributed by atoms with Crippen LogP contribution in [0.3, 0.4) is 0 Å². The van der Waals surface area contributed by atoms with E-state index in [0.717, 1.165) is 6.42 Å². The van der Waals surface area contributed by atoms with Gasteiger partial charge in [-0.15, -0.1) is 0 Å². The summed E-state index contributed by atoms with van der Waals surface area (Å²) in [7, 11) is 0. The first-order valence-corrected chi connectivity index (χ1v) is 4.66. The van der Waals surface area contributed by atoms with Gasteiger partial charge in [0.05, 0.1) is 18.5 Å². The van der Waals surface area contributed by atoms with E-state index in [0.29, 0.717) is 16.3 Å². The lowest BCUT2D eigenvalue weighted by Gasteiger charge is -1.99. The SMILES string of the molecule is O[C@@H]1C[C@H]1n1cnc2c(Cl)ncnc21. The molecule has 0 saturated heterocycles. The van der Waals surface area contributed by atoms with Crippen molar-refractivity contribution in [1.82, 2.24) is 19.5 Å². The fourth-order valence-electron chi connectivity index (χ4n) is 1.53. The number of rotatable bonds is 1. The lowest BCUT2D eigenvalue weighted by Crippen LogP contribution is -1.97. The molecule has 0 spiro atoms. The average molecular weight is 211 g/mol. The highest BCUT2D eigenvalue weighted by molar-refractivity contribution is 6.33. The Labute approximate surface area is 84.4 Å². The van der Waals surface area contributed by atoms with E-state index in [9.17, 15) is 5.11 Å². The molecule has 2 heterocycles. The minimum atomic E-state index is -0.277. The van der Waals surface area contributed by atoms with Gasteiger partial charge in [0.15, 0.2) is 10.8 Å². The van der Waals surface area contributed by atoms with E-state index in [1.165, 1.54) is 6.33 Å². The van der Waals surface area contributed by atoms with Crippen molar-refractivity contribution in [1.29, 1.82) is 0 Å². The Balaban J connectivity index is 2.22. The molecule has 0 bridgehead atoms. The molecule has 72 valence electrons. The molecule has 5 nitrogen and oxygen atoms in total. The normalized spacial score (nSPS) is 25.6. The Morgan fingerprint density at radius 1 is 1.43 bits per heavy atom. The maximum absolute atomic E-state index is 9.30. The molecular weight excluding hydrogens is 204 g/mol. The number of fused-ring (bicyclic) bond motifs is 1. The van der Waals surface area contributed by atoms with E-state index in [2.05, 4.69) is 15.0 Å². The van der Waals surface area contributed by atoms with Gasteiger partial charge in [-0.2, -0.15) is 0 Å². The van der Waals surface area contributed by atoms with Crippen LogP contribution < -0.4 is 0 Å². The molecule has 1 aliphatic carbocycles. The second kappa shape index (κ2) is 2.65. The number of nitrogens with zero attached hydrogens (tertiary/aromatic N) is 4. The van der Waals surface area contributed by atoms with Crippen LogP contribution in [0.15, 0.2) is 12.7 Å². The third-order valence-corrected chi connectivity index (χ3v) is 2.67. The first-order valence-electron chi connectivity index (χ1n) is 4.28. The number of aliphatic hydroxyl groups is 1. The quantitative estimate of drug-likeness (QED) is 0.707. The highest BCUT2D eigenvalue weighted by Gasteiger charge is 2.38.